The van der Waals surface area contributed by atoms with Crippen molar-refractivity contribution < 1.29 is 19.0 Å². The van der Waals surface area contributed by atoms with Crippen molar-refractivity contribution in [3.63, 3.8) is 0 Å². The summed E-state index contributed by atoms with van der Waals surface area (Å²) in [6, 6.07) is 10.2. The number of rotatable bonds is 8. The molecule has 0 aromatic heterocycles. The first-order valence-electron chi connectivity index (χ1n) is 7.95. The maximum Gasteiger partial charge on any atom is 0.162 e. The number of aliphatic hydroxyl groups is 1. The third-order valence-corrected chi connectivity index (χ3v) is 4.56. The second-order valence-corrected chi connectivity index (χ2v) is 7.22. The minimum absolute atomic E-state index is 0.0333. The smallest absolute Gasteiger partial charge is 0.162 e. The number of aliphatic hydroxyl groups excluding tert-OH is 1. The van der Waals surface area contributed by atoms with Crippen LogP contribution in [0.3, 0.4) is 0 Å². The van der Waals surface area contributed by atoms with Crippen molar-refractivity contribution in [2.75, 3.05) is 13.7 Å². The Labute approximate surface area is 156 Å². The molecule has 0 atom stereocenters. The zero-order valence-corrected chi connectivity index (χ0v) is 16.2. The number of methoxy groups -OCH3 is 1. The van der Waals surface area contributed by atoms with Gasteiger partial charge in [0.15, 0.2) is 11.5 Å². The normalized spacial score (nSPS) is 11.4. The summed E-state index contributed by atoms with van der Waals surface area (Å²) in [5.41, 5.74) is 1.07. The fourth-order valence-corrected chi connectivity index (χ4v) is 2.61. The lowest BCUT2D eigenvalue weighted by molar-refractivity contribution is 0.187. The Morgan fingerprint density at radius 3 is 2.52 bits per heavy atom. The van der Waals surface area contributed by atoms with Crippen LogP contribution in [0.2, 0.25) is 0 Å². The maximum absolute atomic E-state index is 13.7. The molecule has 4 nitrogen and oxygen atoms in total. The lowest BCUT2D eigenvalue weighted by Gasteiger charge is -2.24. The van der Waals surface area contributed by atoms with Crippen molar-refractivity contribution in [3.05, 3.63) is 57.8 Å². The number of hydrogen-bond donors (Lipinski definition) is 2. The third kappa shape index (κ3) is 5.42. The maximum atomic E-state index is 13.7. The highest BCUT2D eigenvalue weighted by molar-refractivity contribution is 9.10. The largest absolute Gasteiger partial charge is 0.493 e. The van der Waals surface area contributed by atoms with E-state index in [1.165, 1.54) is 6.07 Å². The Hall–Kier alpha value is -1.63. The van der Waals surface area contributed by atoms with Crippen LogP contribution >= 0.6 is 15.9 Å². The van der Waals surface area contributed by atoms with Crippen LogP contribution in [0.1, 0.15) is 25.0 Å². The molecule has 0 aliphatic carbocycles. The van der Waals surface area contributed by atoms with Gasteiger partial charge in [-0.05, 0) is 37.6 Å². The summed E-state index contributed by atoms with van der Waals surface area (Å²) in [6.07, 6.45) is 0. The predicted molar refractivity (Wildman–Crippen MR) is 99.4 cm³/mol. The second-order valence-electron chi connectivity index (χ2n) is 6.37. The van der Waals surface area contributed by atoms with E-state index in [0.717, 1.165) is 10.0 Å². The molecule has 0 amide bonds. The van der Waals surface area contributed by atoms with Gasteiger partial charge in [-0.15, -0.1) is 0 Å². The van der Waals surface area contributed by atoms with E-state index in [4.69, 9.17) is 9.47 Å². The molecule has 0 radical (unpaired) electrons. The van der Waals surface area contributed by atoms with Gasteiger partial charge in [-0.25, -0.2) is 4.39 Å². The Balaban J connectivity index is 2.14. The molecule has 0 bridgehead atoms. The van der Waals surface area contributed by atoms with Crippen LogP contribution in [0.4, 0.5) is 4.39 Å². The highest BCUT2D eigenvalue weighted by atomic mass is 79.9. The first-order chi connectivity index (χ1) is 11.9. The van der Waals surface area contributed by atoms with Gasteiger partial charge >= 0.3 is 0 Å². The van der Waals surface area contributed by atoms with Gasteiger partial charge in [0.1, 0.15) is 12.4 Å². The molecule has 0 fully saturated rings. The van der Waals surface area contributed by atoms with E-state index < -0.39 is 0 Å². The highest BCUT2D eigenvalue weighted by Gasteiger charge is 2.17. The minimum Gasteiger partial charge on any atom is -0.493 e. The lowest BCUT2D eigenvalue weighted by Crippen LogP contribution is -2.42. The summed E-state index contributed by atoms with van der Waals surface area (Å²) in [7, 11) is 1.56. The molecule has 0 spiro atoms. The highest BCUT2D eigenvalue weighted by Crippen LogP contribution is 2.34. The number of nitrogens with one attached hydrogen (secondary N) is 1. The van der Waals surface area contributed by atoms with Crippen LogP contribution in [0.5, 0.6) is 11.5 Å². The van der Waals surface area contributed by atoms with Crippen LogP contribution in [0.15, 0.2) is 40.9 Å². The second kappa shape index (κ2) is 8.65. The van der Waals surface area contributed by atoms with E-state index in [1.807, 2.05) is 26.0 Å². The molecule has 6 heteroatoms. The molecular weight excluding hydrogens is 389 g/mol. The van der Waals surface area contributed by atoms with Gasteiger partial charge in [-0.1, -0.05) is 34.1 Å². The first kappa shape index (κ1) is 19.7. The summed E-state index contributed by atoms with van der Waals surface area (Å²) in [5, 5.41) is 12.6. The van der Waals surface area contributed by atoms with Crippen LogP contribution in [-0.2, 0) is 13.2 Å². The van der Waals surface area contributed by atoms with E-state index in [9.17, 15) is 9.50 Å². The summed E-state index contributed by atoms with van der Waals surface area (Å²) < 4.78 is 25.7. The molecule has 0 saturated heterocycles. The van der Waals surface area contributed by atoms with Crippen LogP contribution < -0.4 is 14.8 Å². The monoisotopic (exact) mass is 411 g/mol. The third-order valence-electron chi connectivity index (χ3n) is 3.83. The van der Waals surface area contributed by atoms with Crippen LogP contribution in [0, 0.1) is 5.82 Å². The summed E-state index contributed by atoms with van der Waals surface area (Å²) in [5.74, 6) is 0.800. The molecule has 0 aliphatic rings. The summed E-state index contributed by atoms with van der Waals surface area (Å²) >= 11 is 3.53. The molecular formula is C19H23BrFNO3. The number of halogens is 2. The number of ether oxygens (including phenoxy) is 2. The SMILES string of the molecule is COc1cc(CNC(C)(C)CO)c(Br)cc1OCc1ccccc1F. The minimum atomic E-state index is -0.382. The Kier molecular flexibility index (Phi) is 6.81. The lowest BCUT2D eigenvalue weighted by atomic mass is 10.1. The Morgan fingerprint density at radius 1 is 1.16 bits per heavy atom. The van der Waals surface area contributed by atoms with Crippen molar-refractivity contribution in [1.82, 2.24) is 5.32 Å². The Morgan fingerprint density at radius 2 is 1.88 bits per heavy atom. The molecule has 2 aromatic carbocycles. The molecule has 0 unspecified atom stereocenters. The predicted octanol–water partition coefficient (Wildman–Crippen LogP) is 4.04. The van der Waals surface area contributed by atoms with Crippen LogP contribution in [0.25, 0.3) is 0 Å². The van der Waals surface area contributed by atoms with Gasteiger partial charge in [-0.3, -0.25) is 0 Å². The first-order valence-corrected chi connectivity index (χ1v) is 8.74. The molecule has 0 aliphatic heterocycles. The number of benzene rings is 2. The molecule has 0 heterocycles. The summed E-state index contributed by atoms with van der Waals surface area (Å²) in [4.78, 5) is 0. The van der Waals surface area contributed by atoms with Crippen molar-refractivity contribution in [1.29, 1.82) is 0 Å². The molecule has 2 N–H and O–H groups in total. The van der Waals surface area contributed by atoms with E-state index >= 15 is 0 Å². The molecule has 2 rings (SSSR count). The topological polar surface area (TPSA) is 50.7 Å². The van der Waals surface area contributed by atoms with Crippen molar-refractivity contribution in [2.45, 2.75) is 32.5 Å². The van der Waals surface area contributed by atoms with Gasteiger partial charge < -0.3 is 19.9 Å². The molecule has 2 aromatic rings. The van der Waals surface area contributed by atoms with Crippen molar-refractivity contribution in [3.8, 4) is 11.5 Å². The van der Waals surface area contributed by atoms with Crippen molar-refractivity contribution in [2.24, 2.45) is 0 Å². The Bertz CT molecular complexity index is 722. The zero-order chi connectivity index (χ0) is 18.4. The molecule has 25 heavy (non-hydrogen) atoms. The van der Waals surface area contributed by atoms with Gasteiger partial charge in [0, 0.05) is 22.1 Å². The van der Waals surface area contributed by atoms with E-state index in [-0.39, 0.29) is 24.6 Å². The standard InChI is InChI=1S/C19H23BrFNO3/c1-19(2,12-23)22-10-14-8-17(24-3)18(9-15(14)20)25-11-13-6-4-5-7-16(13)21/h4-9,22-23H,10-12H2,1-3H3. The fourth-order valence-electron chi connectivity index (χ4n) is 2.15. The summed E-state index contributed by atoms with van der Waals surface area (Å²) in [6.45, 7) is 4.54. The van der Waals surface area contributed by atoms with Gasteiger partial charge in [0.2, 0.25) is 0 Å². The number of hydrogen-bond acceptors (Lipinski definition) is 4. The quantitative estimate of drug-likeness (QED) is 0.688. The van der Waals surface area contributed by atoms with E-state index in [2.05, 4.69) is 21.2 Å². The van der Waals surface area contributed by atoms with Gasteiger partial charge in [-0.2, -0.15) is 0 Å². The average Bonchev–Trinajstić information content (AvgIpc) is 2.60. The molecule has 136 valence electrons. The zero-order valence-electron chi connectivity index (χ0n) is 14.6. The average molecular weight is 412 g/mol. The van der Waals surface area contributed by atoms with Crippen molar-refractivity contribution >= 4 is 15.9 Å². The van der Waals surface area contributed by atoms with Gasteiger partial charge in [0.05, 0.1) is 13.7 Å². The fraction of sp³-hybridized carbons (Fsp3) is 0.368. The van der Waals surface area contributed by atoms with Crippen LogP contribution in [-0.4, -0.2) is 24.4 Å². The van der Waals surface area contributed by atoms with E-state index in [0.29, 0.717) is 23.6 Å². The van der Waals surface area contributed by atoms with E-state index in [1.54, 1.807) is 25.3 Å². The molecule has 0 saturated carbocycles. The van der Waals surface area contributed by atoms with Gasteiger partial charge in [0.25, 0.3) is 0 Å².